The molecular weight excluding hydrogens is 464 g/mol. The van der Waals surface area contributed by atoms with Gasteiger partial charge in [-0.15, -0.1) is 0 Å². The highest BCUT2D eigenvalue weighted by Crippen LogP contribution is 2.39. The summed E-state index contributed by atoms with van der Waals surface area (Å²) in [5, 5.41) is 8.24. The number of carbonyl (C=O) groups is 2. The number of benzene rings is 2. The van der Waals surface area contributed by atoms with Crippen LogP contribution in [0.4, 0.5) is 4.79 Å². The topological polar surface area (TPSA) is 86.5 Å². The van der Waals surface area contributed by atoms with Crippen LogP contribution in [0.25, 0.3) is 10.9 Å². The predicted molar refractivity (Wildman–Crippen MR) is 137 cm³/mol. The number of aromatic amines is 1. The summed E-state index contributed by atoms with van der Waals surface area (Å²) >= 11 is 6.27. The van der Waals surface area contributed by atoms with Gasteiger partial charge in [0, 0.05) is 46.3 Å². The molecule has 2 atom stereocenters. The Kier molecular flexibility index (Phi) is 6.97. The summed E-state index contributed by atoms with van der Waals surface area (Å²) in [4.78, 5) is 30.8. The van der Waals surface area contributed by atoms with Crippen molar-refractivity contribution in [1.29, 1.82) is 0 Å². The third kappa shape index (κ3) is 4.88. The van der Waals surface area contributed by atoms with Crippen molar-refractivity contribution in [2.45, 2.75) is 44.7 Å². The maximum Gasteiger partial charge on any atom is 0.410 e. The van der Waals surface area contributed by atoms with Crippen LogP contribution in [0, 0.1) is 0 Å². The number of nitrogens with one attached hydrogen (secondary N) is 3. The number of rotatable bonds is 6. The standard InChI is InChI=1S/C27H31ClN4O3/c1-2-35-27(34)32-15-12-21-22-16-19(28)9-10-23(22)31-24(21)25(32)17-5-7-18(8-6-17)26(33)30-14-11-20-4-3-13-29-20/h5-10,16,20,25,29,31H,2-4,11-15H2,1H3,(H,30,33). The molecule has 3 N–H and O–H groups in total. The fraction of sp³-hybridized carbons (Fsp3) is 0.407. The molecular formula is C27H31ClN4O3. The van der Waals surface area contributed by atoms with Gasteiger partial charge in [-0.2, -0.15) is 0 Å². The van der Waals surface area contributed by atoms with E-state index in [1.165, 1.54) is 12.8 Å². The van der Waals surface area contributed by atoms with Crippen LogP contribution in [0.15, 0.2) is 42.5 Å². The Morgan fingerprint density at radius 2 is 2.03 bits per heavy atom. The second-order valence-corrected chi connectivity index (χ2v) is 9.65. The molecule has 2 aliphatic heterocycles. The lowest BCUT2D eigenvalue weighted by atomic mass is 9.92. The number of fused-ring (bicyclic) bond motifs is 3. The lowest BCUT2D eigenvalue weighted by Gasteiger charge is -2.35. The Bertz CT molecular complexity index is 1220. The van der Waals surface area contributed by atoms with E-state index in [1.807, 2.05) is 49.4 Å². The molecule has 0 saturated carbocycles. The monoisotopic (exact) mass is 494 g/mol. The van der Waals surface area contributed by atoms with E-state index < -0.39 is 0 Å². The van der Waals surface area contributed by atoms with Gasteiger partial charge in [-0.05, 0) is 80.6 Å². The van der Waals surface area contributed by atoms with Gasteiger partial charge in [0.2, 0.25) is 0 Å². The molecule has 0 radical (unpaired) electrons. The first-order valence-electron chi connectivity index (χ1n) is 12.4. The summed E-state index contributed by atoms with van der Waals surface area (Å²) in [7, 11) is 0. The highest BCUT2D eigenvalue weighted by Gasteiger charge is 2.35. The average molecular weight is 495 g/mol. The molecule has 2 aliphatic rings. The largest absolute Gasteiger partial charge is 0.450 e. The molecule has 3 aromatic rings. The number of ether oxygens (including phenoxy) is 1. The molecule has 184 valence electrons. The minimum atomic E-state index is -0.345. The van der Waals surface area contributed by atoms with Crippen molar-refractivity contribution in [3.8, 4) is 0 Å². The minimum absolute atomic E-state index is 0.0821. The minimum Gasteiger partial charge on any atom is -0.450 e. The van der Waals surface area contributed by atoms with Crippen LogP contribution in [0.1, 0.15) is 59.4 Å². The number of aromatic nitrogens is 1. The van der Waals surface area contributed by atoms with E-state index in [0.717, 1.165) is 40.7 Å². The highest BCUT2D eigenvalue weighted by molar-refractivity contribution is 6.31. The van der Waals surface area contributed by atoms with Crippen LogP contribution in [0.5, 0.6) is 0 Å². The number of halogens is 1. The van der Waals surface area contributed by atoms with Crippen molar-refractivity contribution < 1.29 is 14.3 Å². The molecule has 2 unspecified atom stereocenters. The molecule has 35 heavy (non-hydrogen) atoms. The highest BCUT2D eigenvalue weighted by atomic mass is 35.5. The van der Waals surface area contributed by atoms with E-state index in [9.17, 15) is 9.59 Å². The van der Waals surface area contributed by atoms with Crippen LogP contribution in [0.2, 0.25) is 5.02 Å². The molecule has 3 heterocycles. The number of H-pyrrole nitrogens is 1. The van der Waals surface area contributed by atoms with Gasteiger partial charge < -0.3 is 20.4 Å². The summed E-state index contributed by atoms with van der Waals surface area (Å²) in [6, 6.07) is 13.5. The Balaban J connectivity index is 1.40. The smallest absolute Gasteiger partial charge is 0.410 e. The first-order valence-corrected chi connectivity index (χ1v) is 12.8. The number of amides is 2. The predicted octanol–water partition coefficient (Wildman–Crippen LogP) is 4.80. The lowest BCUT2D eigenvalue weighted by Crippen LogP contribution is -2.41. The maximum absolute atomic E-state index is 12.9. The van der Waals surface area contributed by atoms with Gasteiger partial charge >= 0.3 is 6.09 Å². The first-order chi connectivity index (χ1) is 17.0. The molecule has 1 fully saturated rings. The van der Waals surface area contributed by atoms with Gasteiger partial charge in [-0.25, -0.2) is 4.79 Å². The number of nitrogens with zero attached hydrogens (tertiary/aromatic N) is 1. The normalized spacial score (nSPS) is 19.5. The van der Waals surface area contributed by atoms with Gasteiger partial charge in [-0.1, -0.05) is 23.7 Å². The number of carbonyl (C=O) groups excluding carboxylic acids is 2. The fourth-order valence-electron chi connectivity index (χ4n) is 5.29. The first kappa shape index (κ1) is 23.7. The zero-order valence-electron chi connectivity index (χ0n) is 19.9. The van der Waals surface area contributed by atoms with Gasteiger partial charge in [0.05, 0.1) is 6.61 Å². The number of hydrogen-bond donors (Lipinski definition) is 3. The van der Waals surface area contributed by atoms with Crippen LogP contribution in [-0.2, 0) is 11.2 Å². The molecule has 8 heteroatoms. The second kappa shape index (κ2) is 10.3. The Labute approximate surface area is 210 Å². The van der Waals surface area contributed by atoms with Crippen molar-refractivity contribution in [1.82, 2.24) is 20.5 Å². The molecule has 0 aliphatic carbocycles. The summed E-state index contributed by atoms with van der Waals surface area (Å²) in [6.07, 6.45) is 3.68. The van der Waals surface area contributed by atoms with Crippen molar-refractivity contribution >= 4 is 34.5 Å². The van der Waals surface area contributed by atoms with Crippen molar-refractivity contribution in [2.24, 2.45) is 0 Å². The van der Waals surface area contributed by atoms with E-state index in [2.05, 4.69) is 15.6 Å². The van der Waals surface area contributed by atoms with E-state index in [-0.39, 0.29) is 18.0 Å². The Hall–Kier alpha value is -3.03. The van der Waals surface area contributed by atoms with E-state index in [0.29, 0.717) is 42.7 Å². The molecule has 1 aromatic heterocycles. The Morgan fingerprint density at radius 1 is 1.20 bits per heavy atom. The van der Waals surface area contributed by atoms with Crippen molar-refractivity contribution in [3.05, 3.63) is 69.9 Å². The Morgan fingerprint density at radius 3 is 2.77 bits per heavy atom. The second-order valence-electron chi connectivity index (χ2n) is 9.21. The quantitative estimate of drug-likeness (QED) is 0.459. The maximum atomic E-state index is 12.9. The fourth-order valence-corrected chi connectivity index (χ4v) is 5.46. The van der Waals surface area contributed by atoms with E-state index >= 15 is 0 Å². The molecule has 5 rings (SSSR count). The van der Waals surface area contributed by atoms with E-state index in [4.69, 9.17) is 16.3 Å². The lowest BCUT2D eigenvalue weighted by molar-refractivity contribution is 0.0926. The summed E-state index contributed by atoms with van der Waals surface area (Å²) in [6.45, 7) is 4.37. The SMILES string of the molecule is CCOC(=O)N1CCc2c([nH]c3ccc(Cl)cc23)C1c1ccc(C(=O)NCCC2CCCN2)cc1. The van der Waals surface area contributed by atoms with Crippen LogP contribution in [-0.4, -0.2) is 54.2 Å². The summed E-state index contributed by atoms with van der Waals surface area (Å²) in [5.74, 6) is -0.0821. The average Bonchev–Trinajstić information content (AvgIpc) is 3.51. The van der Waals surface area contributed by atoms with Crippen LogP contribution < -0.4 is 10.6 Å². The van der Waals surface area contributed by atoms with Crippen molar-refractivity contribution in [2.75, 3.05) is 26.2 Å². The molecule has 7 nitrogen and oxygen atoms in total. The molecule has 0 spiro atoms. The molecule has 2 amide bonds. The molecule has 1 saturated heterocycles. The third-order valence-electron chi connectivity index (χ3n) is 7.02. The van der Waals surface area contributed by atoms with Crippen molar-refractivity contribution in [3.63, 3.8) is 0 Å². The number of hydrogen-bond acceptors (Lipinski definition) is 4. The zero-order chi connectivity index (χ0) is 24.4. The van der Waals surface area contributed by atoms with Gasteiger partial charge in [0.1, 0.15) is 6.04 Å². The molecule has 0 bridgehead atoms. The van der Waals surface area contributed by atoms with Gasteiger partial charge in [0.25, 0.3) is 5.91 Å². The zero-order valence-corrected chi connectivity index (χ0v) is 20.7. The van der Waals surface area contributed by atoms with Crippen LogP contribution >= 0.6 is 11.6 Å². The van der Waals surface area contributed by atoms with Crippen LogP contribution in [0.3, 0.4) is 0 Å². The summed E-state index contributed by atoms with van der Waals surface area (Å²) < 4.78 is 5.37. The summed E-state index contributed by atoms with van der Waals surface area (Å²) in [5.41, 5.74) is 4.64. The molecule has 2 aromatic carbocycles. The van der Waals surface area contributed by atoms with Gasteiger partial charge in [-0.3, -0.25) is 9.69 Å². The van der Waals surface area contributed by atoms with E-state index in [1.54, 1.807) is 4.90 Å². The van der Waals surface area contributed by atoms with Gasteiger partial charge in [0.15, 0.2) is 0 Å². The third-order valence-corrected chi connectivity index (χ3v) is 7.26.